The summed E-state index contributed by atoms with van der Waals surface area (Å²) < 4.78 is 0. The van der Waals surface area contributed by atoms with Crippen molar-refractivity contribution in [1.29, 1.82) is 0 Å². The lowest BCUT2D eigenvalue weighted by Crippen LogP contribution is -2.27. The molecule has 30 heavy (non-hydrogen) atoms. The second kappa shape index (κ2) is 9.38. The minimum atomic E-state index is -0.610. The summed E-state index contributed by atoms with van der Waals surface area (Å²) in [6, 6.07) is 32.2. The van der Waals surface area contributed by atoms with Crippen molar-refractivity contribution in [1.82, 2.24) is 5.32 Å². The zero-order valence-corrected chi connectivity index (χ0v) is 16.8. The van der Waals surface area contributed by atoms with E-state index in [-0.39, 0.29) is 5.91 Å². The molecule has 3 heteroatoms. The molecule has 1 amide bonds. The molecule has 0 aliphatic carbocycles. The molecule has 0 radical (unpaired) electrons. The molecule has 1 unspecified atom stereocenters. The Kier molecular flexibility index (Phi) is 6.21. The van der Waals surface area contributed by atoms with E-state index in [1.165, 1.54) is 0 Å². The van der Waals surface area contributed by atoms with E-state index in [0.29, 0.717) is 19.4 Å². The lowest BCUT2D eigenvalue weighted by Gasteiger charge is -2.14. The molecule has 2 N–H and O–H groups in total. The summed E-state index contributed by atoms with van der Waals surface area (Å²) in [7, 11) is 0. The molecule has 0 aliphatic rings. The van der Waals surface area contributed by atoms with Crippen molar-refractivity contribution < 1.29 is 9.90 Å². The van der Waals surface area contributed by atoms with Crippen molar-refractivity contribution in [3.63, 3.8) is 0 Å². The molecule has 4 aromatic carbocycles. The summed E-state index contributed by atoms with van der Waals surface area (Å²) in [5, 5.41) is 15.7. The predicted molar refractivity (Wildman–Crippen MR) is 122 cm³/mol. The van der Waals surface area contributed by atoms with Gasteiger partial charge >= 0.3 is 0 Å². The van der Waals surface area contributed by atoms with Crippen LogP contribution in [0.25, 0.3) is 21.9 Å². The van der Waals surface area contributed by atoms with Crippen LogP contribution in [0.3, 0.4) is 0 Å². The SMILES string of the molecule is O=C(Cc1ccc(-c2ccccc2)cc1)NCCC(O)c1cccc2ccccc12. The number of aliphatic hydroxyl groups excluding tert-OH is 1. The van der Waals surface area contributed by atoms with Crippen molar-refractivity contribution in [3.05, 3.63) is 108 Å². The van der Waals surface area contributed by atoms with Gasteiger partial charge in [0.1, 0.15) is 0 Å². The van der Waals surface area contributed by atoms with Crippen LogP contribution in [-0.2, 0) is 11.2 Å². The average molecular weight is 396 g/mol. The van der Waals surface area contributed by atoms with Crippen molar-refractivity contribution in [3.8, 4) is 11.1 Å². The van der Waals surface area contributed by atoms with Crippen LogP contribution in [0.1, 0.15) is 23.7 Å². The number of aliphatic hydroxyl groups is 1. The van der Waals surface area contributed by atoms with Crippen LogP contribution in [0.2, 0.25) is 0 Å². The lowest BCUT2D eigenvalue weighted by atomic mass is 9.99. The molecule has 0 bridgehead atoms. The standard InChI is InChI=1S/C27H25NO2/c29-26(25-12-6-10-23-9-4-5-11-24(23)25)17-18-28-27(30)19-20-13-15-22(16-14-20)21-7-2-1-3-8-21/h1-16,26,29H,17-19H2,(H,28,30). The molecule has 0 aromatic heterocycles. The van der Waals surface area contributed by atoms with Crippen LogP contribution < -0.4 is 5.32 Å². The van der Waals surface area contributed by atoms with Gasteiger partial charge in [0.2, 0.25) is 5.91 Å². The highest BCUT2D eigenvalue weighted by Crippen LogP contribution is 2.26. The summed E-state index contributed by atoms with van der Waals surface area (Å²) in [5.41, 5.74) is 4.18. The van der Waals surface area contributed by atoms with Crippen LogP contribution >= 0.6 is 0 Å². The lowest BCUT2D eigenvalue weighted by molar-refractivity contribution is -0.120. The van der Waals surface area contributed by atoms with Crippen molar-refractivity contribution in [2.45, 2.75) is 18.9 Å². The normalized spacial score (nSPS) is 11.9. The number of carbonyl (C=O) groups is 1. The fourth-order valence-corrected chi connectivity index (χ4v) is 3.74. The van der Waals surface area contributed by atoms with Gasteiger partial charge in [-0.15, -0.1) is 0 Å². The van der Waals surface area contributed by atoms with Crippen LogP contribution in [-0.4, -0.2) is 17.6 Å². The molecular formula is C27H25NO2. The Hall–Kier alpha value is -3.43. The highest BCUT2D eigenvalue weighted by atomic mass is 16.3. The first-order chi connectivity index (χ1) is 14.7. The Morgan fingerprint density at radius 3 is 2.23 bits per heavy atom. The maximum absolute atomic E-state index is 12.3. The fourth-order valence-electron chi connectivity index (χ4n) is 3.74. The molecule has 3 nitrogen and oxygen atoms in total. The topological polar surface area (TPSA) is 49.3 Å². The summed E-state index contributed by atoms with van der Waals surface area (Å²) >= 11 is 0. The molecule has 0 fully saturated rings. The number of fused-ring (bicyclic) bond motifs is 1. The molecule has 0 saturated carbocycles. The molecule has 150 valence electrons. The van der Waals surface area contributed by atoms with Crippen molar-refractivity contribution in [2.75, 3.05) is 6.54 Å². The third kappa shape index (κ3) is 4.76. The van der Waals surface area contributed by atoms with Crippen LogP contribution in [0, 0.1) is 0 Å². The maximum atomic E-state index is 12.3. The monoisotopic (exact) mass is 395 g/mol. The van der Waals surface area contributed by atoms with Gasteiger partial charge < -0.3 is 10.4 Å². The zero-order valence-electron chi connectivity index (χ0n) is 16.8. The van der Waals surface area contributed by atoms with Crippen LogP contribution in [0.4, 0.5) is 0 Å². The maximum Gasteiger partial charge on any atom is 0.224 e. The van der Waals surface area contributed by atoms with Gasteiger partial charge in [-0.1, -0.05) is 97.1 Å². The Bertz CT molecular complexity index is 1120. The van der Waals surface area contributed by atoms with E-state index >= 15 is 0 Å². The number of rotatable bonds is 7. The molecule has 1 atom stereocenters. The molecule has 4 aromatic rings. The van der Waals surface area contributed by atoms with E-state index in [9.17, 15) is 9.90 Å². The second-order valence-electron chi connectivity index (χ2n) is 7.46. The molecule has 4 rings (SSSR count). The smallest absolute Gasteiger partial charge is 0.224 e. The molecular weight excluding hydrogens is 370 g/mol. The van der Waals surface area contributed by atoms with E-state index in [4.69, 9.17) is 0 Å². The van der Waals surface area contributed by atoms with Gasteiger partial charge in [0.15, 0.2) is 0 Å². The Morgan fingerprint density at radius 1 is 0.767 bits per heavy atom. The van der Waals surface area contributed by atoms with Crippen LogP contribution in [0.5, 0.6) is 0 Å². The molecule has 0 saturated heterocycles. The Balaban J connectivity index is 1.29. The highest BCUT2D eigenvalue weighted by molar-refractivity contribution is 5.86. The number of carbonyl (C=O) groups excluding carboxylic acids is 1. The quantitative estimate of drug-likeness (QED) is 0.447. The second-order valence-corrected chi connectivity index (χ2v) is 7.46. The number of benzene rings is 4. The zero-order chi connectivity index (χ0) is 20.8. The minimum Gasteiger partial charge on any atom is -0.388 e. The minimum absolute atomic E-state index is 0.0346. The van der Waals surface area contributed by atoms with Gasteiger partial charge in [-0.3, -0.25) is 4.79 Å². The average Bonchev–Trinajstić information content (AvgIpc) is 2.79. The van der Waals surface area contributed by atoms with E-state index in [0.717, 1.165) is 33.0 Å². The molecule has 0 aliphatic heterocycles. The van der Waals surface area contributed by atoms with E-state index in [1.54, 1.807) is 0 Å². The number of amides is 1. The van der Waals surface area contributed by atoms with Crippen molar-refractivity contribution >= 4 is 16.7 Å². The van der Waals surface area contributed by atoms with Crippen LogP contribution in [0.15, 0.2) is 97.1 Å². The highest BCUT2D eigenvalue weighted by Gasteiger charge is 2.12. The number of hydrogen-bond donors (Lipinski definition) is 2. The number of hydrogen-bond acceptors (Lipinski definition) is 2. The van der Waals surface area contributed by atoms with Crippen molar-refractivity contribution in [2.24, 2.45) is 0 Å². The fraction of sp³-hybridized carbons (Fsp3) is 0.148. The summed E-state index contributed by atoms with van der Waals surface area (Å²) in [5.74, 6) is -0.0346. The summed E-state index contributed by atoms with van der Waals surface area (Å²) in [6.07, 6.45) is 0.202. The molecule has 0 heterocycles. The summed E-state index contributed by atoms with van der Waals surface area (Å²) in [6.45, 7) is 0.436. The Morgan fingerprint density at radius 2 is 1.43 bits per heavy atom. The van der Waals surface area contributed by atoms with Gasteiger partial charge in [0, 0.05) is 6.54 Å². The first kappa shape index (κ1) is 19.9. The van der Waals surface area contributed by atoms with Gasteiger partial charge in [-0.2, -0.15) is 0 Å². The largest absolute Gasteiger partial charge is 0.388 e. The first-order valence-corrected chi connectivity index (χ1v) is 10.3. The van der Waals surface area contributed by atoms with Gasteiger partial charge in [0.05, 0.1) is 12.5 Å². The van der Waals surface area contributed by atoms with Gasteiger partial charge in [-0.25, -0.2) is 0 Å². The Labute approximate surface area is 177 Å². The third-order valence-corrected chi connectivity index (χ3v) is 5.35. The number of nitrogens with one attached hydrogen (secondary N) is 1. The third-order valence-electron chi connectivity index (χ3n) is 5.35. The first-order valence-electron chi connectivity index (χ1n) is 10.3. The summed E-state index contributed by atoms with van der Waals surface area (Å²) in [4.78, 5) is 12.3. The predicted octanol–water partition coefficient (Wildman–Crippen LogP) is 5.29. The van der Waals surface area contributed by atoms with E-state index in [2.05, 4.69) is 17.4 Å². The molecule has 0 spiro atoms. The van der Waals surface area contributed by atoms with Gasteiger partial charge in [-0.05, 0) is 39.4 Å². The van der Waals surface area contributed by atoms with Gasteiger partial charge in [0.25, 0.3) is 0 Å². The van der Waals surface area contributed by atoms with E-state index < -0.39 is 6.10 Å². The van der Waals surface area contributed by atoms with E-state index in [1.807, 2.05) is 84.9 Å².